The summed E-state index contributed by atoms with van der Waals surface area (Å²) in [6.07, 6.45) is -0.393. The minimum absolute atomic E-state index is 0.146. The first-order valence-corrected chi connectivity index (χ1v) is 8.11. The van der Waals surface area contributed by atoms with Gasteiger partial charge < -0.3 is 9.84 Å². The van der Waals surface area contributed by atoms with Crippen LogP contribution >= 0.6 is 0 Å². The second kappa shape index (κ2) is 7.39. The van der Waals surface area contributed by atoms with E-state index in [-0.39, 0.29) is 11.7 Å². The predicted molar refractivity (Wildman–Crippen MR) is 96.5 cm³/mol. The molecule has 0 saturated carbocycles. The van der Waals surface area contributed by atoms with Gasteiger partial charge in [-0.3, -0.25) is 4.90 Å². The Morgan fingerprint density at radius 1 is 1.08 bits per heavy atom. The lowest BCUT2D eigenvalue weighted by molar-refractivity contribution is 0.0578. The van der Waals surface area contributed by atoms with Gasteiger partial charge in [0.2, 0.25) is 0 Å². The van der Waals surface area contributed by atoms with Crippen molar-refractivity contribution in [2.75, 3.05) is 11.4 Å². The molecular weight excluding hydrogens is 302 g/mol. The van der Waals surface area contributed by atoms with Crippen LogP contribution in [0.2, 0.25) is 0 Å². The van der Waals surface area contributed by atoms with E-state index in [0.29, 0.717) is 12.2 Å². The minimum Gasteiger partial charge on any atom is -0.508 e. The molecule has 0 aliphatic rings. The largest absolute Gasteiger partial charge is 0.508 e. The van der Waals surface area contributed by atoms with E-state index in [1.54, 1.807) is 29.2 Å². The molecule has 0 heterocycles. The maximum absolute atomic E-state index is 12.7. The van der Waals surface area contributed by atoms with Crippen molar-refractivity contribution in [1.29, 1.82) is 0 Å². The molecule has 0 bridgehead atoms. The van der Waals surface area contributed by atoms with Crippen molar-refractivity contribution >= 4 is 11.8 Å². The quantitative estimate of drug-likeness (QED) is 0.865. The third-order valence-corrected chi connectivity index (χ3v) is 3.60. The number of hydrogen-bond acceptors (Lipinski definition) is 3. The number of phenols is 1. The van der Waals surface area contributed by atoms with E-state index in [1.807, 2.05) is 39.0 Å². The van der Waals surface area contributed by atoms with Crippen LogP contribution in [-0.2, 0) is 4.74 Å². The van der Waals surface area contributed by atoms with Crippen LogP contribution in [0.1, 0.15) is 39.2 Å². The van der Waals surface area contributed by atoms with E-state index in [2.05, 4.69) is 19.1 Å². The summed E-state index contributed by atoms with van der Waals surface area (Å²) < 4.78 is 5.55. The first-order valence-electron chi connectivity index (χ1n) is 8.11. The van der Waals surface area contributed by atoms with Crippen molar-refractivity contribution in [2.45, 2.75) is 39.2 Å². The van der Waals surface area contributed by atoms with E-state index in [1.165, 1.54) is 0 Å². The first-order chi connectivity index (χ1) is 11.3. The Kier molecular flexibility index (Phi) is 5.50. The molecule has 0 fully saturated rings. The van der Waals surface area contributed by atoms with Crippen LogP contribution in [0.3, 0.4) is 0 Å². The second-order valence-corrected chi connectivity index (χ2v) is 6.92. The summed E-state index contributed by atoms with van der Waals surface area (Å²) in [6, 6.07) is 16.6. The van der Waals surface area contributed by atoms with Crippen LogP contribution < -0.4 is 4.90 Å². The molecule has 0 aromatic heterocycles. The Morgan fingerprint density at radius 3 is 2.21 bits per heavy atom. The highest BCUT2D eigenvalue weighted by atomic mass is 16.6. The number of aromatic hydroxyl groups is 1. The van der Waals surface area contributed by atoms with Gasteiger partial charge in [-0.15, -0.1) is 0 Å². The molecule has 0 radical (unpaired) electrons. The van der Waals surface area contributed by atoms with Gasteiger partial charge in [-0.2, -0.15) is 0 Å². The summed E-state index contributed by atoms with van der Waals surface area (Å²) in [6.45, 7) is 8.11. The van der Waals surface area contributed by atoms with E-state index in [4.69, 9.17) is 4.74 Å². The number of benzene rings is 2. The predicted octanol–water partition coefficient (Wildman–Crippen LogP) is 4.94. The molecule has 2 rings (SSSR count). The first kappa shape index (κ1) is 17.9. The van der Waals surface area contributed by atoms with Gasteiger partial charge in [-0.05, 0) is 56.5 Å². The zero-order valence-electron chi connectivity index (χ0n) is 14.7. The molecule has 0 aliphatic carbocycles. The molecule has 0 aliphatic heterocycles. The fourth-order valence-electron chi connectivity index (χ4n) is 2.40. The molecule has 1 unspecified atom stereocenters. The van der Waals surface area contributed by atoms with Gasteiger partial charge in [-0.25, -0.2) is 4.79 Å². The highest BCUT2D eigenvalue weighted by molar-refractivity contribution is 5.88. The van der Waals surface area contributed by atoms with Crippen molar-refractivity contribution in [3.05, 3.63) is 60.2 Å². The average Bonchev–Trinajstić information content (AvgIpc) is 2.52. The van der Waals surface area contributed by atoms with Crippen LogP contribution in [0.5, 0.6) is 5.75 Å². The summed E-state index contributed by atoms with van der Waals surface area (Å²) in [7, 11) is 0. The minimum atomic E-state index is -0.567. The van der Waals surface area contributed by atoms with E-state index in [0.717, 1.165) is 5.56 Å². The molecule has 1 N–H and O–H groups in total. The smallest absolute Gasteiger partial charge is 0.414 e. The Labute approximate surface area is 143 Å². The Hall–Kier alpha value is -2.49. The number of carbonyl (C=O) groups excluding carboxylic acids is 1. The molecule has 4 heteroatoms. The van der Waals surface area contributed by atoms with Crippen LogP contribution in [0.25, 0.3) is 0 Å². The molecule has 2 aromatic rings. The van der Waals surface area contributed by atoms with Gasteiger partial charge in [0, 0.05) is 12.2 Å². The Balaban J connectivity index is 2.25. The molecule has 128 valence electrons. The van der Waals surface area contributed by atoms with Crippen LogP contribution in [0.4, 0.5) is 10.5 Å². The van der Waals surface area contributed by atoms with Crippen LogP contribution in [-0.4, -0.2) is 23.3 Å². The van der Waals surface area contributed by atoms with E-state index in [9.17, 15) is 9.90 Å². The third-order valence-electron chi connectivity index (χ3n) is 3.60. The molecule has 2 aromatic carbocycles. The fourth-order valence-corrected chi connectivity index (χ4v) is 2.40. The molecule has 0 saturated heterocycles. The lowest BCUT2D eigenvalue weighted by Crippen LogP contribution is -2.39. The van der Waals surface area contributed by atoms with Crippen molar-refractivity contribution < 1.29 is 14.6 Å². The molecule has 4 nitrogen and oxygen atoms in total. The molecule has 1 amide bonds. The van der Waals surface area contributed by atoms with Crippen LogP contribution in [0, 0.1) is 0 Å². The zero-order valence-corrected chi connectivity index (χ0v) is 14.7. The van der Waals surface area contributed by atoms with Gasteiger partial charge in [-0.1, -0.05) is 37.3 Å². The number of amides is 1. The summed E-state index contributed by atoms with van der Waals surface area (Å²) in [5.74, 6) is 0.312. The number of phenolic OH excluding ortho intramolecular Hbond substituents is 1. The number of rotatable bonds is 4. The lowest BCUT2D eigenvalue weighted by atomic mass is 10.0. The van der Waals surface area contributed by atoms with Gasteiger partial charge in [0.1, 0.15) is 11.4 Å². The average molecular weight is 327 g/mol. The number of ether oxygens (including phenoxy) is 1. The summed E-state index contributed by atoms with van der Waals surface area (Å²) in [5.41, 5.74) is 1.29. The van der Waals surface area contributed by atoms with Gasteiger partial charge >= 0.3 is 6.09 Å². The summed E-state index contributed by atoms with van der Waals surface area (Å²) >= 11 is 0. The van der Waals surface area contributed by atoms with Gasteiger partial charge in [0.05, 0.1) is 0 Å². The van der Waals surface area contributed by atoms with Crippen molar-refractivity contribution in [3.63, 3.8) is 0 Å². The molecule has 0 spiro atoms. The number of anilines is 1. The maximum Gasteiger partial charge on any atom is 0.414 e. The standard InChI is InChI=1S/C20H25NO3/c1-15(16-8-6-5-7-9-16)14-21(19(23)24-20(2,3)4)17-10-12-18(22)13-11-17/h5-13,15,22H,14H2,1-4H3. The van der Waals surface area contributed by atoms with Crippen molar-refractivity contribution in [3.8, 4) is 5.75 Å². The normalized spacial score (nSPS) is 12.5. The van der Waals surface area contributed by atoms with Crippen molar-refractivity contribution in [1.82, 2.24) is 0 Å². The Morgan fingerprint density at radius 2 is 1.67 bits per heavy atom. The van der Waals surface area contributed by atoms with E-state index < -0.39 is 11.7 Å². The third kappa shape index (κ3) is 5.01. The van der Waals surface area contributed by atoms with Gasteiger partial charge in [0.15, 0.2) is 0 Å². The Bertz CT molecular complexity index is 660. The molecular formula is C20H25NO3. The van der Waals surface area contributed by atoms with Crippen LogP contribution in [0.15, 0.2) is 54.6 Å². The second-order valence-electron chi connectivity index (χ2n) is 6.92. The van der Waals surface area contributed by atoms with Gasteiger partial charge in [0.25, 0.3) is 0 Å². The SMILES string of the molecule is CC(CN(C(=O)OC(C)(C)C)c1ccc(O)cc1)c1ccccc1. The maximum atomic E-state index is 12.7. The zero-order chi connectivity index (χ0) is 17.7. The highest BCUT2D eigenvalue weighted by Gasteiger charge is 2.25. The monoisotopic (exact) mass is 327 g/mol. The van der Waals surface area contributed by atoms with Crippen molar-refractivity contribution in [2.24, 2.45) is 0 Å². The lowest BCUT2D eigenvalue weighted by Gasteiger charge is -2.29. The topological polar surface area (TPSA) is 49.8 Å². The molecule has 1 atom stereocenters. The highest BCUT2D eigenvalue weighted by Crippen LogP contribution is 2.25. The molecule has 24 heavy (non-hydrogen) atoms. The summed E-state index contributed by atoms with van der Waals surface area (Å²) in [5, 5.41) is 9.49. The summed E-state index contributed by atoms with van der Waals surface area (Å²) in [4.78, 5) is 14.3. The number of nitrogens with zero attached hydrogens (tertiary/aromatic N) is 1. The number of hydrogen-bond donors (Lipinski definition) is 1. The number of carbonyl (C=O) groups is 1. The van der Waals surface area contributed by atoms with E-state index >= 15 is 0 Å². The fraction of sp³-hybridized carbons (Fsp3) is 0.350.